The third-order valence-corrected chi connectivity index (χ3v) is 5.45. The minimum atomic E-state index is -4.25. The van der Waals surface area contributed by atoms with Crippen LogP contribution in [0.2, 0.25) is 0 Å². The first-order valence-electron chi connectivity index (χ1n) is 10.1. The molecule has 0 radical (unpaired) electrons. The molecule has 2 aromatic carbocycles. The van der Waals surface area contributed by atoms with Crippen molar-refractivity contribution in [2.45, 2.75) is 56.9 Å². The van der Waals surface area contributed by atoms with E-state index in [9.17, 15) is 13.0 Å². The standard InChI is InChI=1S/C17H30N.C6H6O3S/c1-4-5-6-7-8-12-15-18(2,3)16-17-13-10-9-11-14-17;7-10(8,9)6-4-2-1-3-5-6/h9-11,13-14H,4-8,12,15-16H2,1-3H3;1-5H,(H,7,8,9)/q+1;/p-1. The van der Waals surface area contributed by atoms with Crippen LogP contribution >= 0.6 is 0 Å². The molecule has 2 aromatic rings. The van der Waals surface area contributed by atoms with Crippen LogP contribution in [0.1, 0.15) is 51.0 Å². The molecule has 0 saturated heterocycles. The third kappa shape index (κ3) is 11.2. The fourth-order valence-electron chi connectivity index (χ4n) is 3.06. The van der Waals surface area contributed by atoms with Gasteiger partial charge in [0, 0.05) is 5.56 Å². The largest absolute Gasteiger partial charge is 0.744 e. The lowest BCUT2D eigenvalue weighted by atomic mass is 10.1. The summed E-state index contributed by atoms with van der Waals surface area (Å²) >= 11 is 0. The quantitative estimate of drug-likeness (QED) is 0.309. The second kappa shape index (κ2) is 12.7. The van der Waals surface area contributed by atoms with E-state index < -0.39 is 10.1 Å². The Kier molecular flexibility index (Phi) is 11.0. The average Bonchev–Trinajstić information content (AvgIpc) is 2.65. The maximum Gasteiger partial charge on any atom is 0.124 e. The Morgan fingerprint density at radius 2 is 1.29 bits per heavy atom. The lowest BCUT2D eigenvalue weighted by Crippen LogP contribution is -2.39. The average molecular weight is 406 g/mol. The van der Waals surface area contributed by atoms with Crippen molar-refractivity contribution in [3.05, 3.63) is 66.2 Å². The monoisotopic (exact) mass is 405 g/mol. The summed E-state index contributed by atoms with van der Waals surface area (Å²) in [4.78, 5) is -0.185. The van der Waals surface area contributed by atoms with E-state index >= 15 is 0 Å². The zero-order chi connectivity index (χ0) is 20.9. The van der Waals surface area contributed by atoms with Gasteiger partial charge in [-0.3, -0.25) is 0 Å². The van der Waals surface area contributed by atoms with E-state index in [1.165, 1.54) is 74.9 Å². The van der Waals surface area contributed by atoms with Crippen molar-refractivity contribution in [2.24, 2.45) is 0 Å². The lowest BCUT2D eigenvalue weighted by Gasteiger charge is -2.30. The topological polar surface area (TPSA) is 57.2 Å². The Morgan fingerprint density at radius 3 is 1.79 bits per heavy atom. The highest BCUT2D eigenvalue weighted by Crippen LogP contribution is 2.12. The smallest absolute Gasteiger partial charge is 0.124 e. The normalized spacial score (nSPS) is 11.6. The van der Waals surface area contributed by atoms with E-state index in [1.807, 2.05) is 0 Å². The van der Waals surface area contributed by atoms with E-state index in [4.69, 9.17) is 0 Å². The number of unbranched alkanes of at least 4 members (excludes halogenated alkanes) is 5. The fraction of sp³-hybridized carbons (Fsp3) is 0.478. The molecule has 0 aliphatic heterocycles. The van der Waals surface area contributed by atoms with Crippen molar-refractivity contribution >= 4 is 10.1 Å². The molecule has 0 aliphatic carbocycles. The zero-order valence-electron chi connectivity index (χ0n) is 17.5. The highest BCUT2D eigenvalue weighted by Gasteiger charge is 2.14. The van der Waals surface area contributed by atoms with E-state index in [0.717, 1.165) is 11.0 Å². The number of rotatable bonds is 10. The molecule has 4 nitrogen and oxygen atoms in total. The Hall–Kier alpha value is -1.69. The predicted molar refractivity (Wildman–Crippen MR) is 115 cm³/mol. The Labute approximate surface area is 171 Å². The van der Waals surface area contributed by atoms with Gasteiger partial charge in [0.15, 0.2) is 0 Å². The molecule has 0 amide bonds. The Morgan fingerprint density at radius 1 is 0.786 bits per heavy atom. The van der Waals surface area contributed by atoms with E-state index in [0.29, 0.717) is 0 Å². The van der Waals surface area contributed by atoms with Crippen LogP contribution in [0, 0.1) is 0 Å². The van der Waals surface area contributed by atoms with E-state index in [2.05, 4.69) is 51.4 Å². The molecule has 0 atom stereocenters. The van der Waals surface area contributed by atoms with Gasteiger partial charge in [0.25, 0.3) is 0 Å². The summed E-state index contributed by atoms with van der Waals surface area (Å²) in [6.45, 7) is 4.72. The SMILES string of the molecule is CCCCCCCC[N+](C)(C)Cc1ccccc1.O=S(=O)([O-])c1ccccc1. The van der Waals surface area contributed by atoms with Crippen LogP contribution in [0.25, 0.3) is 0 Å². The van der Waals surface area contributed by atoms with Gasteiger partial charge in [-0.25, -0.2) is 8.42 Å². The Bertz CT molecular complexity index is 744. The molecule has 0 spiro atoms. The fourth-order valence-corrected chi connectivity index (χ4v) is 3.55. The molecule has 2 rings (SSSR count). The van der Waals surface area contributed by atoms with Gasteiger partial charge in [0.05, 0.1) is 25.5 Å². The van der Waals surface area contributed by atoms with Crippen molar-refractivity contribution in [1.82, 2.24) is 0 Å². The highest BCUT2D eigenvalue weighted by atomic mass is 32.2. The van der Waals surface area contributed by atoms with E-state index in [-0.39, 0.29) is 4.90 Å². The highest BCUT2D eigenvalue weighted by molar-refractivity contribution is 7.85. The predicted octanol–water partition coefficient (Wildman–Crippen LogP) is 5.21. The van der Waals surface area contributed by atoms with Gasteiger partial charge in [-0.15, -0.1) is 0 Å². The summed E-state index contributed by atoms with van der Waals surface area (Å²) in [5, 5.41) is 0. The Balaban J connectivity index is 0.000000330. The van der Waals surface area contributed by atoms with Gasteiger partial charge in [0.1, 0.15) is 16.7 Å². The van der Waals surface area contributed by atoms with Gasteiger partial charge in [-0.1, -0.05) is 81.1 Å². The van der Waals surface area contributed by atoms with Gasteiger partial charge in [-0.05, 0) is 25.0 Å². The molecular formula is C23H35NO3S. The molecule has 0 saturated carbocycles. The molecule has 5 heteroatoms. The summed E-state index contributed by atoms with van der Waals surface area (Å²) in [6.07, 6.45) is 8.35. The van der Waals surface area contributed by atoms with E-state index in [1.54, 1.807) is 6.07 Å². The number of benzene rings is 2. The van der Waals surface area contributed by atoms with Gasteiger partial charge in [0.2, 0.25) is 0 Å². The summed E-state index contributed by atoms with van der Waals surface area (Å²) in [5.74, 6) is 0. The first kappa shape index (κ1) is 24.3. The first-order valence-corrected chi connectivity index (χ1v) is 11.5. The third-order valence-electron chi connectivity index (χ3n) is 4.60. The maximum absolute atomic E-state index is 10.3. The van der Waals surface area contributed by atoms with Crippen LogP contribution in [0.5, 0.6) is 0 Å². The molecule has 156 valence electrons. The van der Waals surface area contributed by atoms with Crippen molar-refractivity contribution < 1.29 is 17.5 Å². The second-order valence-corrected chi connectivity index (χ2v) is 9.22. The summed E-state index contributed by atoms with van der Waals surface area (Å²) < 4.78 is 31.9. The van der Waals surface area contributed by atoms with Gasteiger partial charge in [-0.2, -0.15) is 0 Å². The van der Waals surface area contributed by atoms with Crippen molar-refractivity contribution in [1.29, 1.82) is 0 Å². The molecular weight excluding hydrogens is 370 g/mol. The summed E-state index contributed by atoms with van der Waals surface area (Å²) in [7, 11) is 0.440. The lowest BCUT2D eigenvalue weighted by molar-refractivity contribution is -0.903. The van der Waals surface area contributed by atoms with Crippen molar-refractivity contribution in [3.63, 3.8) is 0 Å². The second-order valence-electron chi connectivity index (χ2n) is 7.84. The van der Waals surface area contributed by atoms with Crippen LogP contribution in [-0.2, 0) is 16.7 Å². The number of quaternary nitrogens is 1. The molecule has 28 heavy (non-hydrogen) atoms. The van der Waals surface area contributed by atoms with Gasteiger partial charge < -0.3 is 9.04 Å². The molecule has 0 N–H and O–H groups in total. The zero-order valence-corrected chi connectivity index (χ0v) is 18.3. The van der Waals surface area contributed by atoms with Crippen LogP contribution in [0.15, 0.2) is 65.6 Å². The molecule has 0 heterocycles. The first-order chi connectivity index (χ1) is 13.2. The number of hydrogen-bond acceptors (Lipinski definition) is 3. The number of hydrogen-bond donors (Lipinski definition) is 0. The number of nitrogens with zero attached hydrogens (tertiary/aromatic N) is 1. The minimum Gasteiger partial charge on any atom is -0.744 e. The van der Waals surface area contributed by atoms with Gasteiger partial charge >= 0.3 is 0 Å². The summed E-state index contributed by atoms with van der Waals surface area (Å²) in [6, 6.07) is 18.0. The van der Waals surface area contributed by atoms with Crippen LogP contribution < -0.4 is 0 Å². The molecule has 0 aromatic heterocycles. The van der Waals surface area contributed by atoms with Crippen molar-refractivity contribution in [2.75, 3.05) is 20.6 Å². The van der Waals surface area contributed by atoms with Crippen LogP contribution in [-0.4, -0.2) is 38.1 Å². The maximum atomic E-state index is 10.3. The molecule has 0 fully saturated rings. The molecule has 0 unspecified atom stereocenters. The van der Waals surface area contributed by atoms with Crippen molar-refractivity contribution in [3.8, 4) is 0 Å². The van der Waals surface area contributed by atoms with Crippen LogP contribution in [0.3, 0.4) is 0 Å². The molecule has 0 aliphatic rings. The minimum absolute atomic E-state index is 0.185. The van der Waals surface area contributed by atoms with Crippen LogP contribution in [0.4, 0.5) is 0 Å². The molecule has 0 bridgehead atoms. The summed E-state index contributed by atoms with van der Waals surface area (Å²) in [5.41, 5.74) is 1.45.